The summed E-state index contributed by atoms with van der Waals surface area (Å²) in [4.78, 5) is 34.4. The number of cyclic esters (lactones) is 2. The topological polar surface area (TPSA) is 89.9 Å². The Bertz CT molecular complexity index is 437. The van der Waals surface area contributed by atoms with Gasteiger partial charge in [-0.2, -0.15) is 0 Å². The number of hydrogen-bond acceptors (Lipinski definition) is 6. The predicted molar refractivity (Wildman–Crippen MR) is 69.6 cm³/mol. The lowest BCUT2D eigenvalue weighted by atomic mass is 10.1. The molecule has 1 aliphatic heterocycles. The number of esters is 2. The Hall–Kier alpha value is -1.95. The van der Waals surface area contributed by atoms with Crippen LogP contribution >= 0.6 is 0 Å². The van der Waals surface area contributed by atoms with Crippen molar-refractivity contribution in [1.82, 2.24) is 0 Å². The van der Waals surface area contributed by atoms with Crippen molar-refractivity contribution in [3.05, 3.63) is 24.3 Å². The summed E-state index contributed by atoms with van der Waals surface area (Å²) in [6, 6.07) is 0. The lowest BCUT2D eigenvalue weighted by molar-refractivity contribution is -0.147. The number of hydrogen-bond donors (Lipinski definition) is 1. The van der Waals surface area contributed by atoms with Crippen LogP contribution in [0.1, 0.15) is 26.7 Å². The summed E-state index contributed by atoms with van der Waals surface area (Å²) in [6.07, 6.45) is 2.94. The number of aliphatic hydroxyl groups is 1. The van der Waals surface area contributed by atoms with Crippen LogP contribution in [0.3, 0.4) is 0 Å². The number of aliphatic hydroxyl groups excluding tert-OH is 1. The molecular formula is C14H18O6. The molecule has 0 bridgehead atoms. The van der Waals surface area contributed by atoms with Crippen LogP contribution in [-0.2, 0) is 23.9 Å². The van der Waals surface area contributed by atoms with E-state index in [1.54, 1.807) is 6.92 Å². The molecule has 1 N–H and O–H groups in total. The van der Waals surface area contributed by atoms with Gasteiger partial charge in [-0.3, -0.25) is 4.79 Å². The van der Waals surface area contributed by atoms with Crippen LogP contribution in [0.2, 0.25) is 0 Å². The molecule has 0 saturated carbocycles. The Morgan fingerprint density at radius 3 is 2.35 bits per heavy atom. The van der Waals surface area contributed by atoms with Crippen molar-refractivity contribution >= 4 is 17.7 Å². The molecule has 110 valence electrons. The summed E-state index contributed by atoms with van der Waals surface area (Å²) in [5.41, 5.74) is 0. The van der Waals surface area contributed by atoms with E-state index in [9.17, 15) is 19.5 Å². The van der Waals surface area contributed by atoms with Gasteiger partial charge in [-0.15, -0.1) is 0 Å². The van der Waals surface area contributed by atoms with Crippen LogP contribution in [-0.4, -0.2) is 41.1 Å². The monoisotopic (exact) mass is 282 g/mol. The summed E-state index contributed by atoms with van der Waals surface area (Å²) >= 11 is 0. The molecule has 3 atom stereocenters. The van der Waals surface area contributed by atoms with Crippen molar-refractivity contribution in [3.8, 4) is 0 Å². The first-order valence-electron chi connectivity index (χ1n) is 6.38. The molecule has 0 fully saturated rings. The third kappa shape index (κ3) is 5.79. The Balaban J connectivity index is 2.82. The molecule has 0 amide bonds. The molecule has 1 heterocycles. The van der Waals surface area contributed by atoms with Crippen LogP contribution in [0.5, 0.6) is 0 Å². The average Bonchev–Trinajstić information content (AvgIpc) is 2.39. The van der Waals surface area contributed by atoms with Gasteiger partial charge in [0.05, 0.1) is 12.2 Å². The lowest BCUT2D eigenvalue weighted by Gasteiger charge is -2.14. The summed E-state index contributed by atoms with van der Waals surface area (Å²) in [5, 5.41) is 9.62. The highest BCUT2D eigenvalue weighted by Gasteiger charge is 2.16. The summed E-state index contributed by atoms with van der Waals surface area (Å²) in [7, 11) is 0. The maximum Gasteiger partial charge on any atom is 0.331 e. The minimum Gasteiger partial charge on any atom is -0.460 e. The Morgan fingerprint density at radius 2 is 1.65 bits per heavy atom. The number of rotatable bonds is 0. The van der Waals surface area contributed by atoms with Gasteiger partial charge in [0.2, 0.25) is 0 Å². The molecule has 0 aromatic rings. The molecule has 1 rings (SSSR count). The maximum atomic E-state index is 11.6. The minimum absolute atomic E-state index is 0.344. The third-order valence-electron chi connectivity index (χ3n) is 2.72. The zero-order chi connectivity index (χ0) is 15.1. The second kappa shape index (κ2) is 7.59. The first kappa shape index (κ1) is 16.1. The highest BCUT2D eigenvalue weighted by molar-refractivity contribution is 5.99. The molecular weight excluding hydrogens is 264 g/mol. The van der Waals surface area contributed by atoms with Crippen LogP contribution in [0.25, 0.3) is 0 Å². The maximum absolute atomic E-state index is 11.6. The van der Waals surface area contributed by atoms with Gasteiger partial charge in [0.15, 0.2) is 11.9 Å². The van der Waals surface area contributed by atoms with E-state index < -0.39 is 36.0 Å². The molecule has 0 saturated heterocycles. The van der Waals surface area contributed by atoms with Crippen molar-refractivity contribution < 1.29 is 29.0 Å². The molecule has 6 heteroatoms. The van der Waals surface area contributed by atoms with E-state index in [0.717, 1.165) is 18.2 Å². The van der Waals surface area contributed by atoms with Crippen molar-refractivity contribution in [3.63, 3.8) is 0 Å². The van der Waals surface area contributed by atoms with E-state index in [2.05, 4.69) is 0 Å². The molecule has 6 nitrogen and oxygen atoms in total. The number of ketones is 1. The normalized spacial score (nSPS) is 32.8. The van der Waals surface area contributed by atoms with Crippen LogP contribution < -0.4 is 0 Å². The van der Waals surface area contributed by atoms with Gasteiger partial charge >= 0.3 is 11.9 Å². The number of carbonyl (C=O) groups is 3. The first-order valence-corrected chi connectivity index (χ1v) is 6.38. The van der Waals surface area contributed by atoms with Gasteiger partial charge < -0.3 is 14.6 Å². The fourth-order valence-corrected chi connectivity index (χ4v) is 1.55. The van der Waals surface area contributed by atoms with Crippen LogP contribution in [0.4, 0.5) is 0 Å². The molecule has 0 aromatic carbocycles. The van der Waals surface area contributed by atoms with E-state index >= 15 is 0 Å². The van der Waals surface area contributed by atoms with Crippen molar-refractivity contribution in [2.24, 2.45) is 0 Å². The zero-order valence-electron chi connectivity index (χ0n) is 11.4. The molecule has 20 heavy (non-hydrogen) atoms. The van der Waals surface area contributed by atoms with Crippen LogP contribution in [0.15, 0.2) is 24.3 Å². The van der Waals surface area contributed by atoms with Gasteiger partial charge in [-0.05, 0) is 38.8 Å². The molecule has 0 spiro atoms. The van der Waals surface area contributed by atoms with E-state index in [0.29, 0.717) is 12.8 Å². The molecule has 1 unspecified atom stereocenters. The fourth-order valence-electron chi connectivity index (χ4n) is 1.55. The van der Waals surface area contributed by atoms with Gasteiger partial charge in [0.1, 0.15) is 0 Å². The Labute approximate surface area is 117 Å². The quantitative estimate of drug-likeness (QED) is 0.657. The first-order chi connectivity index (χ1) is 9.38. The van der Waals surface area contributed by atoms with Crippen molar-refractivity contribution in [2.75, 3.05) is 0 Å². The Morgan fingerprint density at radius 1 is 1.00 bits per heavy atom. The molecule has 0 aromatic heterocycles. The van der Waals surface area contributed by atoms with Crippen LogP contribution in [0, 0.1) is 0 Å². The number of carbonyl (C=O) groups excluding carboxylic acids is 3. The molecule has 0 radical (unpaired) electrons. The summed E-state index contributed by atoms with van der Waals surface area (Å²) in [5.74, 6) is -1.88. The van der Waals surface area contributed by atoms with Gasteiger partial charge in [0.25, 0.3) is 0 Å². The number of ether oxygens (including phenoxy) is 2. The van der Waals surface area contributed by atoms with Gasteiger partial charge in [0, 0.05) is 12.2 Å². The highest BCUT2D eigenvalue weighted by atomic mass is 16.5. The standard InChI is InChI=1S/C14H18O6/c1-9-3-4-11(15)5-7-14(18)20-10(2)12(16)6-8-13(17)19-9/h5-11,15H,3-4H2,1-2H3/b7-5+,8-6+/t9?,10-,11-/m0/s1. The van der Waals surface area contributed by atoms with E-state index in [1.807, 2.05) is 0 Å². The fraction of sp³-hybridized carbons (Fsp3) is 0.500. The molecule has 1 aliphatic rings. The summed E-state index contributed by atoms with van der Waals surface area (Å²) in [6.45, 7) is 3.08. The largest absolute Gasteiger partial charge is 0.460 e. The summed E-state index contributed by atoms with van der Waals surface area (Å²) < 4.78 is 9.85. The Kier molecular flexibility index (Phi) is 6.11. The smallest absolute Gasteiger partial charge is 0.331 e. The van der Waals surface area contributed by atoms with E-state index in [-0.39, 0.29) is 0 Å². The third-order valence-corrected chi connectivity index (χ3v) is 2.72. The minimum atomic E-state index is -1.01. The van der Waals surface area contributed by atoms with Gasteiger partial charge in [-0.1, -0.05) is 0 Å². The van der Waals surface area contributed by atoms with E-state index in [4.69, 9.17) is 9.47 Å². The van der Waals surface area contributed by atoms with Crippen molar-refractivity contribution in [1.29, 1.82) is 0 Å². The van der Waals surface area contributed by atoms with Gasteiger partial charge in [-0.25, -0.2) is 9.59 Å². The second-order valence-corrected chi connectivity index (χ2v) is 4.57. The molecule has 0 aliphatic carbocycles. The predicted octanol–water partition coefficient (Wildman–Crippen LogP) is 0.686. The lowest BCUT2D eigenvalue weighted by Crippen LogP contribution is -2.23. The van der Waals surface area contributed by atoms with E-state index in [1.165, 1.54) is 13.0 Å². The zero-order valence-corrected chi connectivity index (χ0v) is 11.4. The van der Waals surface area contributed by atoms with Crippen molar-refractivity contribution in [2.45, 2.75) is 45.0 Å². The SMILES string of the molecule is CC1CC[C@H](O)/C=C/C(=O)O[C@@H](C)C(=O)/C=C/C(=O)O1. The average molecular weight is 282 g/mol. The highest BCUT2D eigenvalue weighted by Crippen LogP contribution is 2.08. The second-order valence-electron chi connectivity index (χ2n) is 4.57.